The van der Waals surface area contributed by atoms with Crippen molar-refractivity contribution in [2.45, 2.75) is 33.0 Å². The number of nitrogens with one attached hydrogen (secondary N) is 1. The number of halogens is 3. The molecule has 8 nitrogen and oxygen atoms in total. The van der Waals surface area contributed by atoms with Gasteiger partial charge in [0.05, 0.1) is 30.8 Å². The van der Waals surface area contributed by atoms with Gasteiger partial charge in [-0.25, -0.2) is 4.98 Å². The van der Waals surface area contributed by atoms with E-state index in [1.54, 1.807) is 36.1 Å². The molecule has 1 N–H and O–H groups in total. The van der Waals surface area contributed by atoms with E-state index < -0.39 is 12.8 Å². The minimum absolute atomic E-state index is 0.0569. The average molecular weight is 451 g/mol. The Morgan fingerprint density at radius 2 is 2.09 bits per heavy atom. The first kappa shape index (κ1) is 23.5. The lowest BCUT2D eigenvalue weighted by atomic mass is 10.2. The lowest BCUT2D eigenvalue weighted by Gasteiger charge is -2.11. The van der Waals surface area contributed by atoms with E-state index in [4.69, 9.17) is 9.47 Å². The summed E-state index contributed by atoms with van der Waals surface area (Å²) in [5.74, 6) is -0.217. The number of amides is 1. The van der Waals surface area contributed by atoms with Crippen molar-refractivity contribution in [2.24, 2.45) is 0 Å². The van der Waals surface area contributed by atoms with E-state index in [0.717, 1.165) is 10.9 Å². The van der Waals surface area contributed by atoms with Gasteiger partial charge in [-0.3, -0.25) is 14.5 Å². The number of carbonyl (C=O) groups is 1. The highest BCUT2D eigenvalue weighted by Gasteiger charge is 2.29. The van der Waals surface area contributed by atoms with Crippen LogP contribution in [0.15, 0.2) is 30.7 Å². The molecular weight excluding hydrogens is 427 g/mol. The third-order valence-corrected chi connectivity index (χ3v) is 4.47. The van der Waals surface area contributed by atoms with Crippen molar-refractivity contribution in [3.63, 3.8) is 0 Å². The number of pyridine rings is 2. The normalized spacial score (nSPS) is 11.7. The number of ether oxygens (including phenoxy) is 2. The molecule has 32 heavy (non-hydrogen) atoms. The number of alkyl halides is 3. The zero-order valence-corrected chi connectivity index (χ0v) is 17.8. The third kappa shape index (κ3) is 6.64. The summed E-state index contributed by atoms with van der Waals surface area (Å²) in [6, 6.07) is 3.45. The van der Waals surface area contributed by atoms with Gasteiger partial charge >= 0.3 is 6.18 Å². The summed E-state index contributed by atoms with van der Waals surface area (Å²) >= 11 is 0. The predicted octanol–water partition coefficient (Wildman–Crippen LogP) is 2.82. The van der Waals surface area contributed by atoms with Gasteiger partial charge in [0.2, 0.25) is 11.8 Å². The highest BCUT2D eigenvalue weighted by Crippen LogP contribution is 2.21. The second-order valence-corrected chi connectivity index (χ2v) is 7.11. The van der Waals surface area contributed by atoms with Crippen LogP contribution in [0.25, 0.3) is 10.9 Å². The van der Waals surface area contributed by atoms with Crippen LogP contribution in [0.2, 0.25) is 0 Å². The quantitative estimate of drug-likeness (QED) is 0.477. The molecule has 0 aliphatic carbocycles. The van der Waals surface area contributed by atoms with Crippen molar-refractivity contribution in [1.82, 2.24) is 25.1 Å². The molecule has 0 saturated heterocycles. The number of carbonyl (C=O) groups excluding carboxylic acids is 1. The molecule has 0 spiro atoms. The van der Waals surface area contributed by atoms with Gasteiger partial charge < -0.3 is 14.8 Å². The highest BCUT2D eigenvalue weighted by atomic mass is 19.4. The number of nitrogens with zero attached hydrogens (tertiary/aromatic N) is 4. The summed E-state index contributed by atoms with van der Waals surface area (Å²) in [5, 5.41) is 8.04. The molecular formula is C21H24F3N5O3. The van der Waals surface area contributed by atoms with Crippen LogP contribution < -0.4 is 10.1 Å². The van der Waals surface area contributed by atoms with Gasteiger partial charge in [-0.15, -0.1) is 0 Å². The third-order valence-electron chi connectivity index (χ3n) is 4.47. The van der Waals surface area contributed by atoms with E-state index in [1.165, 1.54) is 6.20 Å². The second-order valence-electron chi connectivity index (χ2n) is 7.11. The fraction of sp³-hybridized carbons (Fsp3) is 0.429. The lowest BCUT2D eigenvalue weighted by Crippen LogP contribution is -2.28. The van der Waals surface area contributed by atoms with Crippen molar-refractivity contribution in [1.29, 1.82) is 0 Å². The molecule has 0 atom stereocenters. The summed E-state index contributed by atoms with van der Waals surface area (Å²) in [7, 11) is 0. The Labute approximate surface area is 182 Å². The van der Waals surface area contributed by atoms with Crippen molar-refractivity contribution in [3.8, 4) is 5.88 Å². The molecule has 3 heterocycles. The maximum atomic E-state index is 12.3. The van der Waals surface area contributed by atoms with Gasteiger partial charge in [-0.05, 0) is 31.5 Å². The summed E-state index contributed by atoms with van der Waals surface area (Å²) < 4.78 is 48.6. The van der Waals surface area contributed by atoms with Crippen LogP contribution in [0.5, 0.6) is 5.88 Å². The van der Waals surface area contributed by atoms with E-state index in [0.29, 0.717) is 43.1 Å². The first-order valence-electron chi connectivity index (χ1n) is 10.1. The molecule has 0 saturated carbocycles. The Bertz CT molecular complexity index is 1070. The SMILES string of the molecule is CCOCCNC(=O)Cc1nccc2nn(Cc3cnc(OCC(F)(F)F)c(C)c3)cc12. The van der Waals surface area contributed by atoms with Crippen LogP contribution in [-0.2, 0) is 22.5 Å². The largest absolute Gasteiger partial charge is 0.468 e. The van der Waals surface area contributed by atoms with Crippen molar-refractivity contribution in [2.75, 3.05) is 26.4 Å². The van der Waals surface area contributed by atoms with Gasteiger partial charge in [0, 0.05) is 42.7 Å². The fourth-order valence-corrected chi connectivity index (χ4v) is 3.09. The van der Waals surface area contributed by atoms with Crippen molar-refractivity contribution < 1.29 is 27.4 Å². The fourth-order valence-electron chi connectivity index (χ4n) is 3.09. The Balaban J connectivity index is 1.68. The van der Waals surface area contributed by atoms with Crippen LogP contribution in [-0.4, -0.2) is 58.2 Å². The zero-order chi connectivity index (χ0) is 23.1. The maximum Gasteiger partial charge on any atom is 0.422 e. The molecule has 0 aliphatic heterocycles. The Morgan fingerprint density at radius 3 is 2.81 bits per heavy atom. The topological polar surface area (TPSA) is 91.2 Å². The zero-order valence-electron chi connectivity index (χ0n) is 17.8. The monoisotopic (exact) mass is 451 g/mol. The molecule has 172 valence electrons. The number of aryl methyl sites for hydroxylation is 1. The lowest BCUT2D eigenvalue weighted by molar-refractivity contribution is -0.154. The average Bonchev–Trinajstić information content (AvgIpc) is 3.13. The van der Waals surface area contributed by atoms with Crippen LogP contribution >= 0.6 is 0 Å². The highest BCUT2D eigenvalue weighted by molar-refractivity contribution is 5.86. The molecule has 3 aromatic rings. The molecule has 0 unspecified atom stereocenters. The minimum atomic E-state index is -4.42. The Hall–Kier alpha value is -3.21. The Kier molecular flexibility index (Phi) is 7.62. The standard InChI is InChI=1S/C21H24F3N5O3/c1-3-31-7-6-26-19(30)9-18-16-12-29(28-17(16)4-5-25-18)11-15-8-14(2)20(27-10-15)32-13-21(22,23)24/h4-5,8,10,12H,3,6-7,9,11,13H2,1-2H3,(H,26,30). The van der Waals surface area contributed by atoms with Gasteiger partial charge in [0.15, 0.2) is 6.61 Å². The van der Waals surface area contributed by atoms with Gasteiger partial charge in [0.1, 0.15) is 0 Å². The Morgan fingerprint density at radius 1 is 1.28 bits per heavy atom. The van der Waals surface area contributed by atoms with E-state index in [2.05, 4.69) is 20.4 Å². The first-order chi connectivity index (χ1) is 15.2. The summed E-state index contributed by atoms with van der Waals surface area (Å²) in [5.41, 5.74) is 2.53. The molecule has 0 bridgehead atoms. The number of hydrogen-bond acceptors (Lipinski definition) is 6. The van der Waals surface area contributed by atoms with Crippen LogP contribution in [0.4, 0.5) is 13.2 Å². The minimum Gasteiger partial charge on any atom is -0.468 e. The van der Waals surface area contributed by atoms with Gasteiger partial charge in [-0.2, -0.15) is 18.3 Å². The maximum absolute atomic E-state index is 12.3. The van der Waals surface area contributed by atoms with E-state index in [-0.39, 0.29) is 18.2 Å². The van der Waals surface area contributed by atoms with Crippen molar-refractivity contribution >= 4 is 16.8 Å². The molecule has 3 aromatic heterocycles. The number of hydrogen-bond donors (Lipinski definition) is 1. The number of aromatic nitrogens is 4. The summed E-state index contributed by atoms with van der Waals surface area (Å²) in [4.78, 5) is 20.5. The van der Waals surface area contributed by atoms with Crippen LogP contribution in [0.1, 0.15) is 23.7 Å². The van der Waals surface area contributed by atoms with Gasteiger partial charge in [-0.1, -0.05) is 0 Å². The first-order valence-corrected chi connectivity index (χ1v) is 10.1. The van der Waals surface area contributed by atoms with Crippen molar-refractivity contribution in [3.05, 3.63) is 47.5 Å². The second kappa shape index (κ2) is 10.4. The van der Waals surface area contributed by atoms with E-state index in [9.17, 15) is 18.0 Å². The van der Waals surface area contributed by atoms with Gasteiger partial charge in [0.25, 0.3) is 0 Å². The molecule has 1 amide bonds. The molecule has 11 heteroatoms. The summed E-state index contributed by atoms with van der Waals surface area (Å²) in [6.45, 7) is 3.95. The molecule has 0 fully saturated rings. The molecule has 0 aliphatic rings. The van der Waals surface area contributed by atoms with Crippen LogP contribution in [0, 0.1) is 6.92 Å². The molecule has 0 aromatic carbocycles. The summed E-state index contributed by atoms with van der Waals surface area (Å²) in [6.07, 6.45) is 0.528. The van der Waals surface area contributed by atoms with E-state index in [1.807, 2.05) is 6.92 Å². The van der Waals surface area contributed by atoms with E-state index >= 15 is 0 Å². The number of rotatable bonds is 10. The predicted molar refractivity (Wildman–Crippen MR) is 110 cm³/mol. The molecule has 0 radical (unpaired) electrons. The van der Waals surface area contributed by atoms with Crippen LogP contribution in [0.3, 0.4) is 0 Å². The smallest absolute Gasteiger partial charge is 0.422 e. The molecule has 3 rings (SSSR count). The number of fused-ring (bicyclic) bond motifs is 1.